The summed E-state index contributed by atoms with van der Waals surface area (Å²) in [7, 11) is 1.69. The van der Waals surface area contributed by atoms with Crippen molar-refractivity contribution in [1.82, 2.24) is 10.3 Å². The van der Waals surface area contributed by atoms with Gasteiger partial charge in [-0.2, -0.15) is 0 Å². The first-order valence-corrected chi connectivity index (χ1v) is 6.47. The number of nitrogens with one attached hydrogen (secondary N) is 1. The third kappa shape index (κ3) is 3.55. The van der Waals surface area contributed by atoms with Gasteiger partial charge in [-0.05, 0) is 48.7 Å². The van der Waals surface area contributed by atoms with Gasteiger partial charge < -0.3 is 10.1 Å². The lowest BCUT2D eigenvalue weighted by atomic mass is 10.1. The second-order valence-electron chi connectivity index (χ2n) is 4.68. The van der Waals surface area contributed by atoms with Crippen LogP contribution in [0.15, 0.2) is 42.7 Å². The van der Waals surface area contributed by atoms with Crippen LogP contribution in [0, 0.1) is 6.92 Å². The van der Waals surface area contributed by atoms with E-state index in [1.165, 1.54) is 16.7 Å². The first-order valence-electron chi connectivity index (χ1n) is 6.47. The Morgan fingerprint density at radius 2 is 2.16 bits per heavy atom. The van der Waals surface area contributed by atoms with Gasteiger partial charge in [0.1, 0.15) is 5.75 Å². The van der Waals surface area contributed by atoms with E-state index in [4.69, 9.17) is 4.74 Å². The fourth-order valence-electron chi connectivity index (χ4n) is 1.97. The number of benzene rings is 1. The summed E-state index contributed by atoms with van der Waals surface area (Å²) in [6.45, 7) is 5.08. The summed E-state index contributed by atoms with van der Waals surface area (Å²) < 4.78 is 5.25. The van der Waals surface area contributed by atoms with Gasteiger partial charge in [-0.15, -0.1) is 0 Å². The van der Waals surface area contributed by atoms with E-state index in [1.807, 2.05) is 30.6 Å². The maximum Gasteiger partial charge on any atom is 0.119 e. The Balaban J connectivity index is 2.01. The normalized spacial score (nSPS) is 12.2. The summed E-state index contributed by atoms with van der Waals surface area (Å²) in [5, 5.41) is 3.51. The molecule has 0 bridgehead atoms. The van der Waals surface area contributed by atoms with Crippen molar-refractivity contribution in [3.63, 3.8) is 0 Å². The molecule has 0 saturated heterocycles. The Labute approximate surface area is 114 Å². The van der Waals surface area contributed by atoms with Crippen molar-refractivity contribution in [3.05, 3.63) is 59.4 Å². The van der Waals surface area contributed by atoms with Gasteiger partial charge in [0.25, 0.3) is 0 Å². The van der Waals surface area contributed by atoms with E-state index in [0.29, 0.717) is 0 Å². The summed E-state index contributed by atoms with van der Waals surface area (Å²) in [5.41, 5.74) is 3.72. The molecule has 0 aliphatic heterocycles. The minimum Gasteiger partial charge on any atom is -0.497 e. The lowest BCUT2D eigenvalue weighted by Crippen LogP contribution is -2.18. The fraction of sp³-hybridized carbons (Fsp3) is 0.312. The van der Waals surface area contributed by atoms with Gasteiger partial charge in [-0.1, -0.05) is 12.1 Å². The molecule has 0 unspecified atom stereocenters. The van der Waals surface area contributed by atoms with Gasteiger partial charge in [-0.25, -0.2) is 0 Å². The Kier molecular flexibility index (Phi) is 4.53. The van der Waals surface area contributed by atoms with Crippen molar-refractivity contribution in [1.29, 1.82) is 0 Å². The van der Waals surface area contributed by atoms with Crippen LogP contribution in [0.25, 0.3) is 0 Å². The van der Waals surface area contributed by atoms with Crippen LogP contribution in [0.4, 0.5) is 0 Å². The number of rotatable bonds is 5. The van der Waals surface area contributed by atoms with Crippen molar-refractivity contribution in [2.45, 2.75) is 26.4 Å². The largest absolute Gasteiger partial charge is 0.497 e. The van der Waals surface area contributed by atoms with E-state index in [1.54, 1.807) is 7.11 Å². The lowest BCUT2D eigenvalue weighted by molar-refractivity contribution is 0.413. The molecule has 3 heteroatoms. The molecule has 0 aliphatic carbocycles. The quantitative estimate of drug-likeness (QED) is 0.891. The van der Waals surface area contributed by atoms with E-state index < -0.39 is 0 Å². The van der Waals surface area contributed by atoms with E-state index in [0.717, 1.165) is 12.3 Å². The van der Waals surface area contributed by atoms with E-state index in [9.17, 15) is 0 Å². The van der Waals surface area contributed by atoms with Crippen LogP contribution < -0.4 is 10.1 Å². The number of hydrogen-bond donors (Lipinski definition) is 1. The average Bonchev–Trinajstić information content (AvgIpc) is 2.46. The summed E-state index contributed by atoms with van der Waals surface area (Å²) >= 11 is 0. The number of nitrogens with zero attached hydrogens (tertiary/aromatic N) is 1. The Morgan fingerprint density at radius 1 is 1.32 bits per heavy atom. The van der Waals surface area contributed by atoms with Gasteiger partial charge >= 0.3 is 0 Å². The molecule has 1 N–H and O–H groups in total. The topological polar surface area (TPSA) is 34.1 Å². The van der Waals surface area contributed by atoms with Crippen LogP contribution in [-0.4, -0.2) is 12.1 Å². The molecule has 1 aromatic carbocycles. The smallest absolute Gasteiger partial charge is 0.119 e. The molecule has 0 saturated carbocycles. The molecule has 0 spiro atoms. The molecule has 1 heterocycles. The summed E-state index contributed by atoms with van der Waals surface area (Å²) in [6.07, 6.45) is 3.74. The molecule has 0 radical (unpaired) electrons. The highest BCUT2D eigenvalue weighted by atomic mass is 16.5. The van der Waals surface area contributed by atoms with Gasteiger partial charge in [-0.3, -0.25) is 4.98 Å². The molecule has 19 heavy (non-hydrogen) atoms. The van der Waals surface area contributed by atoms with E-state index in [2.05, 4.69) is 36.3 Å². The molecule has 2 aromatic rings. The van der Waals surface area contributed by atoms with E-state index >= 15 is 0 Å². The monoisotopic (exact) mass is 256 g/mol. The standard InChI is InChI=1S/C16H20N2O/c1-12-7-8-17-10-15(12)11-18-13(2)14-5-4-6-16(9-14)19-3/h4-10,13,18H,11H2,1-3H3/t13-/m0/s1. The van der Waals surface area contributed by atoms with Crippen molar-refractivity contribution in [3.8, 4) is 5.75 Å². The minimum atomic E-state index is 0.273. The lowest BCUT2D eigenvalue weighted by Gasteiger charge is -2.16. The third-order valence-corrected chi connectivity index (χ3v) is 3.34. The molecule has 1 atom stereocenters. The zero-order chi connectivity index (χ0) is 13.7. The molecule has 100 valence electrons. The molecule has 1 aromatic heterocycles. The van der Waals surface area contributed by atoms with E-state index in [-0.39, 0.29) is 6.04 Å². The SMILES string of the molecule is COc1cccc([C@H](C)NCc2cnccc2C)c1. The number of hydrogen-bond acceptors (Lipinski definition) is 3. The molecular formula is C16H20N2O. The zero-order valence-electron chi connectivity index (χ0n) is 11.7. The first kappa shape index (κ1) is 13.6. The third-order valence-electron chi connectivity index (χ3n) is 3.34. The Hall–Kier alpha value is -1.87. The van der Waals surface area contributed by atoms with Crippen molar-refractivity contribution in [2.75, 3.05) is 7.11 Å². The van der Waals surface area contributed by atoms with Crippen molar-refractivity contribution in [2.24, 2.45) is 0 Å². The maximum atomic E-state index is 5.25. The highest BCUT2D eigenvalue weighted by Crippen LogP contribution is 2.19. The van der Waals surface area contributed by atoms with Crippen molar-refractivity contribution < 1.29 is 4.74 Å². The van der Waals surface area contributed by atoms with Crippen LogP contribution in [0.3, 0.4) is 0 Å². The van der Waals surface area contributed by atoms with Crippen LogP contribution in [-0.2, 0) is 6.54 Å². The summed E-state index contributed by atoms with van der Waals surface area (Å²) in [4.78, 5) is 4.16. The number of aryl methyl sites for hydroxylation is 1. The van der Waals surface area contributed by atoms with Crippen molar-refractivity contribution >= 4 is 0 Å². The second kappa shape index (κ2) is 6.34. The number of methoxy groups -OCH3 is 1. The summed E-state index contributed by atoms with van der Waals surface area (Å²) in [5.74, 6) is 0.892. The molecule has 0 fully saturated rings. The molecule has 0 aliphatic rings. The Morgan fingerprint density at radius 3 is 2.89 bits per heavy atom. The molecular weight excluding hydrogens is 236 g/mol. The number of pyridine rings is 1. The predicted molar refractivity (Wildman–Crippen MR) is 77.2 cm³/mol. The zero-order valence-corrected chi connectivity index (χ0v) is 11.7. The molecule has 0 amide bonds. The van der Waals surface area contributed by atoms with Gasteiger partial charge in [0.2, 0.25) is 0 Å². The fourth-order valence-corrected chi connectivity index (χ4v) is 1.97. The average molecular weight is 256 g/mol. The maximum absolute atomic E-state index is 5.25. The van der Waals surface area contributed by atoms with Gasteiger partial charge in [0.05, 0.1) is 7.11 Å². The minimum absolute atomic E-state index is 0.273. The molecule has 2 rings (SSSR count). The van der Waals surface area contributed by atoms with Crippen LogP contribution in [0.5, 0.6) is 5.75 Å². The highest BCUT2D eigenvalue weighted by Gasteiger charge is 2.06. The van der Waals surface area contributed by atoms with Crippen LogP contribution in [0.2, 0.25) is 0 Å². The number of aromatic nitrogens is 1. The molecule has 3 nitrogen and oxygen atoms in total. The predicted octanol–water partition coefficient (Wildman–Crippen LogP) is 3.25. The second-order valence-corrected chi connectivity index (χ2v) is 4.68. The summed E-state index contributed by atoms with van der Waals surface area (Å²) in [6, 6.07) is 10.5. The van der Waals surface area contributed by atoms with Crippen LogP contribution >= 0.6 is 0 Å². The van der Waals surface area contributed by atoms with Crippen LogP contribution in [0.1, 0.15) is 29.7 Å². The first-order chi connectivity index (χ1) is 9.20. The van der Waals surface area contributed by atoms with Gasteiger partial charge in [0.15, 0.2) is 0 Å². The Bertz CT molecular complexity index is 540. The number of ether oxygens (including phenoxy) is 1. The van der Waals surface area contributed by atoms with Gasteiger partial charge in [0, 0.05) is 25.0 Å². The highest BCUT2D eigenvalue weighted by molar-refractivity contribution is 5.30.